The molecular weight excluding hydrogens is 365 g/mol. The Morgan fingerprint density at radius 1 is 0.966 bits per heavy atom. The van der Waals surface area contributed by atoms with Gasteiger partial charge in [0.2, 0.25) is 0 Å². The van der Waals surface area contributed by atoms with E-state index >= 15 is 0 Å². The van der Waals surface area contributed by atoms with Crippen molar-refractivity contribution in [2.75, 3.05) is 39.1 Å². The summed E-state index contributed by atoms with van der Waals surface area (Å²) in [6, 6.07) is 14.0. The molecule has 0 radical (unpaired) electrons. The van der Waals surface area contributed by atoms with E-state index in [2.05, 4.69) is 44.8 Å². The van der Waals surface area contributed by atoms with E-state index < -0.39 is 0 Å². The molecule has 1 heterocycles. The predicted molar refractivity (Wildman–Crippen MR) is 119 cm³/mol. The topological polar surface area (TPSA) is 42.9 Å². The highest BCUT2D eigenvalue weighted by Crippen LogP contribution is 2.18. The third kappa shape index (κ3) is 6.19. The number of hydrogen-bond donors (Lipinski definition) is 2. The van der Waals surface area contributed by atoms with Gasteiger partial charge in [0.25, 0.3) is 0 Å². The Balaban J connectivity index is 1.47. The molecule has 0 aliphatic carbocycles. The van der Waals surface area contributed by atoms with Crippen molar-refractivity contribution in [1.29, 1.82) is 0 Å². The first kappa shape index (κ1) is 21.1. The van der Waals surface area contributed by atoms with Crippen molar-refractivity contribution in [3.05, 3.63) is 65.0 Å². The van der Waals surface area contributed by atoms with Gasteiger partial charge in [-0.05, 0) is 54.8 Å². The summed E-state index contributed by atoms with van der Waals surface area (Å²) in [6.45, 7) is 4.68. The summed E-state index contributed by atoms with van der Waals surface area (Å²) < 4.78 is 14.1. The zero-order chi connectivity index (χ0) is 20.6. The van der Waals surface area contributed by atoms with Crippen LogP contribution in [0.4, 0.5) is 10.1 Å². The molecule has 156 valence electrons. The lowest BCUT2D eigenvalue weighted by Gasteiger charge is -2.16. The fourth-order valence-corrected chi connectivity index (χ4v) is 3.58. The van der Waals surface area contributed by atoms with Crippen LogP contribution in [0.1, 0.15) is 29.5 Å². The molecule has 0 amide bonds. The second kappa shape index (κ2) is 10.3. The van der Waals surface area contributed by atoms with E-state index in [1.807, 2.05) is 20.2 Å². The summed E-state index contributed by atoms with van der Waals surface area (Å²) in [4.78, 5) is 8.53. The summed E-state index contributed by atoms with van der Waals surface area (Å²) in [6.07, 6.45) is 2.64. The average molecular weight is 398 g/mol. The third-order valence-electron chi connectivity index (χ3n) is 5.27. The second-order valence-corrected chi connectivity index (χ2v) is 7.76. The van der Waals surface area contributed by atoms with Crippen molar-refractivity contribution in [2.45, 2.75) is 32.5 Å². The molecule has 2 N–H and O–H groups in total. The van der Waals surface area contributed by atoms with Crippen LogP contribution in [0.2, 0.25) is 0 Å². The van der Waals surface area contributed by atoms with Gasteiger partial charge in [-0.2, -0.15) is 0 Å². The number of anilines is 1. The number of nitrogens with zero attached hydrogens (tertiary/aromatic N) is 3. The molecule has 6 heteroatoms. The van der Waals surface area contributed by atoms with Gasteiger partial charge in [-0.25, -0.2) is 4.39 Å². The van der Waals surface area contributed by atoms with Crippen LogP contribution < -0.4 is 15.5 Å². The van der Waals surface area contributed by atoms with E-state index in [1.54, 1.807) is 24.1 Å². The molecular formula is C23H32FN5. The van der Waals surface area contributed by atoms with Crippen molar-refractivity contribution in [1.82, 2.24) is 15.5 Å². The molecule has 2 aromatic rings. The minimum absolute atomic E-state index is 0.216. The molecule has 29 heavy (non-hydrogen) atoms. The second-order valence-electron chi connectivity index (χ2n) is 7.76. The van der Waals surface area contributed by atoms with E-state index in [0.717, 1.165) is 12.1 Å². The smallest absolute Gasteiger partial charge is 0.191 e. The Bertz CT molecular complexity index is 811. The molecule has 1 fully saturated rings. The van der Waals surface area contributed by atoms with Crippen molar-refractivity contribution in [3.63, 3.8) is 0 Å². The van der Waals surface area contributed by atoms with E-state index in [0.29, 0.717) is 24.7 Å². The molecule has 0 atom stereocenters. The highest BCUT2D eigenvalue weighted by molar-refractivity contribution is 5.79. The van der Waals surface area contributed by atoms with Gasteiger partial charge in [-0.1, -0.05) is 30.3 Å². The Hall–Kier alpha value is -2.60. The minimum Gasteiger partial charge on any atom is -0.375 e. The Kier molecular flexibility index (Phi) is 7.47. The number of hydrogen-bond acceptors (Lipinski definition) is 3. The summed E-state index contributed by atoms with van der Waals surface area (Å²) >= 11 is 0. The van der Waals surface area contributed by atoms with Gasteiger partial charge in [0.1, 0.15) is 5.82 Å². The van der Waals surface area contributed by atoms with E-state index in [4.69, 9.17) is 0 Å². The largest absolute Gasteiger partial charge is 0.375 e. The average Bonchev–Trinajstić information content (AvgIpc) is 3.22. The molecule has 2 aromatic carbocycles. The number of aliphatic imine (C=N–C) groups is 1. The van der Waals surface area contributed by atoms with Crippen molar-refractivity contribution < 1.29 is 4.39 Å². The van der Waals surface area contributed by atoms with Crippen LogP contribution in [0.5, 0.6) is 0 Å². The fourth-order valence-electron chi connectivity index (χ4n) is 3.58. The molecule has 0 saturated carbocycles. The lowest BCUT2D eigenvalue weighted by molar-refractivity contribution is 0.331. The van der Waals surface area contributed by atoms with Gasteiger partial charge in [0.15, 0.2) is 5.96 Å². The van der Waals surface area contributed by atoms with Crippen LogP contribution in [0, 0.1) is 5.82 Å². The maximum Gasteiger partial charge on any atom is 0.191 e. The number of benzene rings is 2. The van der Waals surface area contributed by atoms with Crippen LogP contribution in [-0.2, 0) is 19.6 Å². The summed E-state index contributed by atoms with van der Waals surface area (Å²) in [7, 11) is 5.41. The molecule has 1 aliphatic rings. The number of likely N-dealkylation sites (tertiary alicyclic amines) is 1. The van der Waals surface area contributed by atoms with Gasteiger partial charge >= 0.3 is 0 Å². The normalized spacial score (nSPS) is 14.8. The van der Waals surface area contributed by atoms with Crippen LogP contribution >= 0.6 is 0 Å². The van der Waals surface area contributed by atoms with E-state index in [-0.39, 0.29) is 5.82 Å². The predicted octanol–water partition coefficient (Wildman–Crippen LogP) is 3.35. The molecule has 0 unspecified atom stereocenters. The van der Waals surface area contributed by atoms with Gasteiger partial charge in [0.05, 0.1) is 5.69 Å². The standard InChI is InChI=1S/C23H32FN5/c1-25-23(27-16-20-10-11-22(28(2)3)21(24)14-20)26-15-18-6-8-19(9-7-18)17-29-12-4-5-13-29/h6-11,14H,4-5,12-13,15-17H2,1-3H3,(H2,25,26,27). The molecule has 1 aliphatic heterocycles. The third-order valence-corrected chi connectivity index (χ3v) is 5.27. The molecule has 3 rings (SSSR count). The first-order valence-electron chi connectivity index (χ1n) is 10.3. The SMILES string of the molecule is CN=C(NCc1ccc(CN2CCCC2)cc1)NCc1ccc(N(C)C)c(F)c1. The number of rotatable bonds is 7. The van der Waals surface area contributed by atoms with Crippen molar-refractivity contribution in [3.8, 4) is 0 Å². The highest BCUT2D eigenvalue weighted by atomic mass is 19.1. The maximum absolute atomic E-state index is 14.1. The first-order valence-corrected chi connectivity index (χ1v) is 10.3. The van der Waals surface area contributed by atoms with Crippen LogP contribution in [0.15, 0.2) is 47.5 Å². The molecule has 0 bridgehead atoms. The molecule has 5 nitrogen and oxygen atoms in total. The minimum atomic E-state index is -0.216. The van der Waals surface area contributed by atoms with Gasteiger partial charge in [0, 0.05) is 40.8 Å². The Labute approximate surface area is 173 Å². The van der Waals surface area contributed by atoms with Crippen molar-refractivity contribution >= 4 is 11.6 Å². The van der Waals surface area contributed by atoms with Gasteiger partial charge in [-0.3, -0.25) is 9.89 Å². The van der Waals surface area contributed by atoms with E-state index in [9.17, 15) is 4.39 Å². The zero-order valence-electron chi connectivity index (χ0n) is 17.7. The summed E-state index contributed by atoms with van der Waals surface area (Å²) in [5.41, 5.74) is 4.03. The van der Waals surface area contributed by atoms with Gasteiger partial charge < -0.3 is 15.5 Å². The molecule has 1 saturated heterocycles. The molecule has 0 aromatic heterocycles. The number of nitrogens with one attached hydrogen (secondary N) is 2. The number of halogens is 1. The van der Waals surface area contributed by atoms with E-state index in [1.165, 1.54) is 37.1 Å². The fraction of sp³-hybridized carbons (Fsp3) is 0.435. The Morgan fingerprint density at radius 2 is 1.55 bits per heavy atom. The van der Waals surface area contributed by atoms with Crippen LogP contribution in [0.3, 0.4) is 0 Å². The lowest BCUT2D eigenvalue weighted by atomic mass is 10.1. The quantitative estimate of drug-likeness (QED) is 0.555. The zero-order valence-corrected chi connectivity index (χ0v) is 17.7. The van der Waals surface area contributed by atoms with Crippen LogP contribution in [-0.4, -0.2) is 45.1 Å². The molecule has 0 spiro atoms. The number of guanidine groups is 1. The maximum atomic E-state index is 14.1. The monoisotopic (exact) mass is 397 g/mol. The Morgan fingerprint density at radius 3 is 2.14 bits per heavy atom. The van der Waals surface area contributed by atoms with Crippen LogP contribution in [0.25, 0.3) is 0 Å². The first-order chi connectivity index (χ1) is 14.0. The van der Waals surface area contributed by atoms with Crippen molar-refractivity contribution in [2.24, 2.45) is 4.99 Å². The lowest BCUT2D eigenvalue weighted by Crippen LogP contribution is -2.36. The highest BCUT2D eigenvalue weighted by Gasteiger charge is 2.11. The van der Waals surface area contributed by atoms with Gasteiger partial charge in [-0.15, -0.1) is 0 Å². The summed E-state index contributed by atoms with van der Waals surface area (Å²) in [5, 5.41) is 6.56. The summed E-state index contributed by atoms with van der Waals surface area (Å²) in [5.74, 6) is 0.481.